The number of benzene rings is 1. The van der Waals surface area contributed by atoms with Crippen LogP contribution in [0.1, 0.15) is 32.1 Å². The number of carbonyl (C=O) groups is 1. The van der Waals surface area contributed by atoms with E-state index in [9.17, 15) is 13.6 Å². The van der Waals surface area contributed by atoms with Crippen molar-refractivity contribution in [1.29, 1.82) is 0 Å². The van der Waals surface area contributed by atoms with Crippen molar-refractivity contribution in [2.75, 3.05) is 18.4 Å². The zero-order valence-corrected chi connectivity index (χ0v) is 11.9. The molecule has 21 heavy (non-hydrogen) atoms. The average Bonchev–Trinajstić information content (AvgIpc) is 2.47. The summed E-state index contributed by atoms with van der Waals surface area (Å²) >= 11 is 0. The highest BCUT2D eigenvalue weighted by molar-refractivity contribution is 5.80. The van der Waals surface area contributed by atoms with Gasteiger partial charge in [0.15, 0.2) is 0 Å². The lowest BCUT2D eigenvalue weighted by atomic mass is 9.97. The van der Waals surface area contributed by atoms with Crippen LogP contribution < -0.4 is 10.6 Å². The van der Waals surface area contributed by atoms with Crippen LogP contribution in [0.5, 0.6) is 0 Å². The smallest absolute Gasteiger partial charge is 0.239 e. The first-order valence-corrected chi connectivity index (χ1v) is 7.28. The van der Waals surface area contributed by atoms with Crippen LogP contribution in [0.25, 0.3) is 0 Å². The Morgan fingerprint density at radius 2 is 2.10 bits per heavy atom. The molecule has 3 nitrogen and oxygen atoms in total. The highest BCUT2D eigenvalue weighted by Gasteiger charge is 2.07. The van der Waals surface area contributed by atoms with E-state index < -0.39 is 11.6 Å². The second-order valence-electron chi connectivity index (χ2n) is 5.19. The first-order chi connectivity index (χ1) is 10.1. The predicted octanol–water partition coefficient (Wildman–Crippen LogP) is 3.38. The molecule has 1 aliphatic rings. The fourth-order valence-electron chi connectivity index (χ4n) is 2.37. The molecule has 0 aromatic heterocycles. The van der Waals surface area contributed by atoms with Gasteiger partial charge in [-0.3, -0.25) is 4.79 Å². The molecule has 2 N–H and O–H groups in total. The van der Waals surface area contributed by atoms with Crippen LogP contribution in [0.3, 0.4) is 0 Å². The molecule has 0 atom stereocenters. The highest BCUT2D eigenvalue weighted by Crippen LogP contribution is 2.19. The lowest BCUT2D eigenvalue weighted by molar-refractivity contribution is -0.119. The quantitative estimate of drug-likeness (QED) is 0.790. The van der Waals surface area contributed by atoms with Gasteiger partial charge in [0.2, 0.25) is 5.91 Å². The third-order valence-electron chi connectivity index (χ3n) is 3.52. The second kappa shape index (κ2) is 7.76. The molecule has 0 spiro atoms. The third-order valence-corrected chi connectivity index (χ3v) is 3.52. The summed E-state index contributed by atoms with van der Waals surface area (Å²) in [6.45, 7) is 0.569. The average molecular weight is 294 g/mol. The van der Waals surface area contributed by atoms with Crippen molar-refractivity contribution in [1.82, 2.24) is 5.32 Å². The van der Waals surface area contributed by atoms with Gasteiger partial charge in [0.05, 0.1) is 12.2 Å². The van der Waals surface area contributed by atoms with Crippen molar-refractivity contribution in [3.63, 3.8) is 0 Å². The number of carbonyl (C=O) groups excluding carboxylic acids is 1. The van der Waals surface area contributed by atoms with Gasteiger partial charge in [0.1, 0.15) is 11.6 Å². The number of nitrogens with one attached hydrogen (secondary N) is 2. The van der Waals surface area contributed by atoms with Crippen molar-refractivity contribution in [2.45, 2.75) is 32.1 Å². The minimum absolute atomic E-state index is 0.0262. The Hall–Kier alpha value is -1.91. The monoisotopic (exact) mass is 294 g/mol. The van der Waals surface area contributed by atoms with Gasteiger partial charge in [-0.1, -0.05) is 11.6 Å². The molecule has 0 heterocycles. The number of allylic oxidation sites excluding steroid dienone is 1. The maximum Gasteiger partial charge on any atom is 0.239 e. The minimum atomic E-state index is -0.699. The van der Waals surface area contributed by atoms with Gasteiger partial charge >= 0.3 is 0 Å². The van der Waals surface area contributed by atoms with Crippen LogP contribution >= 0.6 is 0 Å². The van der Waals surface area contributed by atoms with E-state index in [1.165, 1.54) is 24.5 Å². The van der Waals surface area contributed by atoms with Gasteiger partial charge in [-0.2, -0.15) is 0 Å². The van der Waals surface area contributed by atoms with Crippen molar-refractivity contribution in [3.05, 3.63) is 41.5 Å². The number of halogens is 2. The Bertz CT molecular complexity index is 529. The maximum atomic E-state index is 13.4. The number of hydrogen-bond acceptors (Lipinski definition) is 2. The summed E-state index contributed by atoms with van der Waals surface area (Å²) in [7, 11) is 0. The Balaban J connectivity index is 1.68. The maximum absolute atomic E-state index is 13.4. The van der Waals surface area contributed by atoms with Crippen molar-refractivity contribution in [3.8, 4) is 0 Å². The summed E-state index contributed by atoms with van der Waals surface area (Å²) in [5.74, 6) is -1.53. The lowest BCUT2D eigenvalue weighted by Crippen LogP contribution is -2.31. The molecule has 0 bridgehead atoms. The molecule has 0 saturated heterocycles. The normalized spacial score (nSPS) is 14.5. The molecule has 0 fully saturated rings. The van der Waals surface area contributed by atoms with Gasteiger partial charge in [-0.15, -0.1) is 0 Å². The lowest BCUT2D eigenvalue weighted by Gasteiger charge is -2.13. The first-order valence-electron chi connectivity index (χ1n) is 7.28. The molecule has 0 radical (unpaired) electrons. The molecule has 114 valence electrons. The molecule has 0 aliphatic heterocycles. The predicted molar refractivity (Wildman–Crippen MR) is 79.0 cm³/mol. The number of amides is 1. The summed E-state index contributed by atoms with van der Waals surface area (Å²) in [5, 5.41) is 5.45. The molecule has 0 unspecified atom stereocenters. The van der Waals surface area contributed by atoms with Crippen LogP contribution in [0, 0.1) is 11.6 Å². The SMILES string of the molecule is O=C(CNc1ccc(F)cc1F)NCCC1=CCCCC1. The molecule has 1 aromatic carbocycles. The van der Waals surface area contributed by atoms with E-state index >= 15 is 0 Å². The summed E-state index contributed by atoms with van der Waals surface area (Å²) < 4.78 is 26.1. The highest BCUT2D eigenvalue weighted by atomic mass is 19.1. The van der Waals surface area contributed by atoms with Crippen LogP contribution in [0.4, 0.5) is 14.5 Å². The minimum Gasteiger partial charge on any atom is -0.374 e. The molecular weight excluding hydrogens is 274 g/mol. The van der Waals surface area contributed by atoms with Crippen LogP contribution in [-0.4, -0.2) is 19.0 Å². The fourth-order valence-corrected chi connectivity index (χ4v) is 2.37. The van der Waals surface area contributed by atoms with E-state index in [1.54, 1.807) is 0 Å². The Morgan fingerprint density at radius 1 is 1.24 bits per heavy atom. The summed E-state index contributed by atoms with van der Waals surface area (Å²) in [6, 6.07) is 3.22. The molecule has 0 saturated carbocycles. The molecule has 1 aromatic rings. The van der Waals surface area contributed by atoms with E-state index in [0.29, 0.717) is 6.54 Å². The molecule has 5 heteroatoms. The van der Waals surface area contributed by atoms with Gasteiger partial charge in [-0.05, 0) is 44.2 Å². The van der Waals surface area contributed by atoms with E-state index in [0.717, 1.165) is 31.4 Å². The number of rotatable bonds is 6. The van der Waals surface area contributed by atoms with E-state index in [4.69, 9.17) is 0 Å². The van der Waals surface area contributed by atoms with Gasteiger partial charge in [0, 0.05) is 12.6 Å². The molecule has 1 amide bonds. The zero-order chi connectivity index (χ0) is 15.1. The van der Waals surface area contributed by atoms with E-state index in [2.05, 4.69) is 16.7 Å². The van der Waals surface area contributed by atoms with Gasteiger partial charge < -0.3 is 10.6 Å². The van der Waals surface area contributed by atoms with E-state index in [1.807, 2.05) is 0 Å². The fraction of sp³-hybridized carbons (Fsp3) is 0.438. The van der Waals surface area contributed by atoms with Gasteiger partial charge in [-0.25, -0.2) is 8.78 Å². The van der Waals surface area contributed by atoms with Crippen molar-refractivity contribution < 1.29 is 13.6 Å². The topological polar surface area (TPSA) is 41.1 Å². The van der Waals surface area contributed by atoms with Crippen LogP contribution in [0.2, 0.25) is 0 Å². The largest absolute Gasteiger partial charge is 0.374 e. The van der Waals surface area contributed by atoms with Crippen molar-refractivity contribution >= 4 is 11.6 Å². The van der Waals surface area contributed by atoms with Crippen molar-refractivity contribution in [2.24, 2.45) is 0 Å². The first kappa shape index (κ1) is 15.5. The standard InChI is InChI=1S/C16H20F2N2O/c17-13-6-7-15(14(18)10-13)20-11-16(21)19-9-8-12-4-2-1-3-5-12/h4,6-7,10,20H,1-3,5,8-9,11H2,(H,19,21). The molecule has 2 rings (SSSR count). The molecule has 1 aliphatic carbocycles. The zero-order valence-electron chi connectivity index (χ0n) is 11.9. The molecular formula is C16H20F2N2O. The van der Waals surface area contributed by atoms with E-state index in [-0.39, 0.29) is 18.1 Å². The Kier molecular flexibility index (Phi) is 5.72. The number of anilines is 1. The summed E-state index contributed by atoms with van der Waals surface area (Å²) in [6.07, 6.45) is 7.86. The Labute approximate surface area is 123 Å². The third kappa shape index (κ3) is 5.17. The summed E-state index contributed by atoms with van der Waals surface area (Å²) in [5.41, 5.74) is 1.53. The van der Waals surface area contributed by atoms with Crippen LogP contribution in [-0.2, 0) is 4.79 Å². The summed E-state index contributed by atoms with van der Waals surface area (Å²) in [4.78, 5) is 11.6. The Morgan fingerprint density at radius 3 is 2.81 bits per heavy atom. The number of hydrogen-bond donors (Lipinski definition) is 2. The van der Waals surface area contributed by atoms with Crippen LogP contribution in [0.15, 0.2) is 29.8 Å². The van der Waals surface area contributed by atoms with Gasteiger partial charge in [0.25, 0.3) is 0 Å². The second-order valence-corrected chi connectivity index (χ2v) is 5.19.